The summed E-state index contributed by atoms with van der Waals surface area (Å²) in [6, 6.07) is 12.7. The fourth-order valence-electron chi connectivity index (χ4n) is 1.86. The third-order valence-corrected chi connectivity index (χ3v) is 4.77. The van der Waals surface area contributed by atoms with Crippen LogP contribution in [0.15, 0.2) is 52.0 Å². The van der Waals surface area contributed by atoms with Crippen molar-refractivity contribution in [2.75, 3.05) is 18.5 Å². The van der Waals surface area contributed by atoms with Gasteiger partial charge in [-0.15, -0.1) is 11.8 Å². The number of nitrogens with two attached hydrogens (primary N) is 1. The van der Waals surface area contributed by atoms with E-state index in [1.54, 1.807) is 6.20 Å². The monoisotopic (exact) mass is 351 g/mol. The Morgan fingerprint density at radius 3 is 2.70 bits per heavy atom. The summed E-state index contributed by atoms with van der Waals surface area (Å²) in [5.74, 6) is 1.62. The summed E-state index contributed by atoms with van der Waals surface area (Å²) >= 11 is 5.29. The van der Waals surface area contributed by atoms with Crippen molar-refractivity contribution >= 4 is 33.5 Å². The van der Waals surface area contributed by atoms with E-state index >= 15 is 0 Å². The lowest BCUT2D eigenvalue weighted by molar-refractivity contribution is 0.617. The van der Waals surface area contributed by atoms with Crippen molar-refractivity contribution in [2.24, 2.45) is 0 Å². The minimum Gasteiger partial charge on any atom is -0.383 e. The molecule has 106 valence electrons. The van der Waals surface area contributed by atoms with E-state index in [-0.39, 0.29) is 0 Å². The first-order valence-corrected chi connectivity index (χ1v) is 8.22. The molecule has 1 aromatic carbocycles. The van der Waals surface area contributed by atoms with Gasteiger partial charge in [-0.05, 0) is 49.4 Å². The molecule has 0 radical (unpaired) electrons. The van der Waals surface area contributed by atoms with E-state index in [9.17, 15) is 0 Å². The Hall–Kier alpha value is -1.04. The van der Waals surface area contributed by atoms with E-state index in [2.05, 4.69) is 50.5 Å². The quantitative estimate of drug-likeness (QED) is 0.783. The zero-order chi connectivity index (χ0) is 14.4. The number of nitrogens with one attached hydrogen (secondary N) is 1. The van der Waals surface area contributed by atoms with E-state index in [0.29, 0.717) is 11.9 Å². The number of nitrogens with zero attached hydrogens (tertiary/aromatic N) is 1. The first-order valence-electron chi connectivity index (χ1n) is 6.44. The molecule has 0 bridgehead atoms. The van der Waals surface area contributed by atoms with Gasteiger partial charge in [0.25, 0.3) is 0 Å². The van der Waals surface area contributed by atoms with Crippen molar-refractivity contribution in [3.8, 4) is 0 Å². The summed E-state index contributed by atoms with van der Waals surface area (Å²) in [4.78, 5) is 5.40. The summed E-state index contributed by atoms with van der Waals surface area (Å²) in [6.07, 6.45) is 2.61. The lowest BCUT2D eigenvalue weighted by Gasteiger charge is -2.16. The van der Waals surface area contributed by atoms with Crippen LogP contribution in [0.25, 0.3) is 0 Å². The molecule has 0 aliphatic rings. The van der Waals surface area contributed by atoms with Crippen molar-refractivity contribution in [3.05, 3.63) is 52.6 Å². The molecule has 1 atom stereocenters. The molecule has 0 saturated carbocycles. The lowest BCUT2D eigenvalue weighted by atomic mass is 10.1. The molecular formula is C15H18BrN3S. The number of benzene rings is 1. The van der Waals surface area contributed by atoms with E-state index in [1.807, 2.05) is 30.9 Å². The number of pyridine rings is 1. The molecule has 0 aliphatic heterocycles. The summed E-state index contributed by atoms with van der Waals surface area (Å²) in [7, 11) is 1.99. The van der Waals surface area contributed by atoms with Crippen LogP contribution in [0.4, 0.5) is 5.82 Å². The normalized spacial score (nSPS) is 12.3. The first-order chi connectivity index (χ1) is 9.69. The molecule has 1 aromatic heterocycles. The predicted octanol–water partition coefficient (Wildman–Crippen LogP) is 3.35. The Balaban J connectivity index is 1.92. The van der Waals surface area contributed by atoms with Gasteiger partial charge in [0.1, 0.15) is 5.82 Å². The highest BCUT2D eigenvalue weighted by Gasteiger charge is 2.10. The molecule has 0 fully saturated rings. The van der Waals surface area contributed by atoms with Crippen molar-refractivity contribution in [2.45, 2.75) is 17.4 Å². The largest absolute Gasteiger partial charge is 0.383 e. The van der Waals surface area contributed by atoms with Crippen LogP contribution in [0.5, 0.6) is 0 Å². The van der Waals surface area contributed by atoms with Gasteiger partial charge < -0.3 is 11.1 Å². The number of halogens is 1. The maximum absolute atomic E-state index is 5.90. The Morgan fingerprint density at radius 2 is 2.05 bits per heavy atom. The summed E-state index contributed by atoms with van der Waals surface area (Å²) in [6.45, 7) is 0. The highest BCUT2D eigenvalue weighted by Crippen LogP contribution is 2.22. The Morgan fingerprint density at radius 1 is 1.30 bits per heavy atom. The highest BCUT2D eigenvalue weighted by molar-refractivity contribution is 9.10. The molecule has 1 heterocycles. The first kappa shape index (κ1) is 15.4. The molecule has 0 amide bonds. The number of anilines is 1. The summed E-state index contributed by atoms with van der Waals surface area (Å²) in [5, 5.41) is 3.35. The van der Waals surface area contributed by atoms with Crippen molar-refractivity contribution < 1.29 is 0 Å². The number of hydrogen-bond donors (Lipinski definition) is 2. The zero-order valence-electron chi connectivity index (χ0n) is 11.3. The third-order valence-electron chi connectivity index (χ3n) is 3.07. The Kier molecular flexibility index (Phi) is 5.88. The van der Waals surface area contributed by atoms with Gasteiger partial charge in [0, 0.05) is 27.4 Å². The van der Waals surface area contributed by atoms with E-state index < -0.39 is 0 Å². The number of thioether (sulfide) groups is 1. The van der Waals surface area contributed by atoms with Gasteiger partial charge >= 0.3 is 0 Å². The van der Waals surface area contributed by atoms with Crippen LogP contribution in [0.3, 0.4) is 0 Å². The Bertz CT molecular complexity index is 545. The zero-order valence-corrected chi connectivity index (χ0v) is 13.7. The molecule has 1 unspecified atom stereocenters. The molecular weight excluding hydrogens is 334 g/mol. The van der Waals surface area contributed by atoms with Gasteiger partial charge in [-0.1, -0.05) is 22.0 Å². The second-order valence-corrected chi connectivity index (χ2v) is 6.51. The average molecular weight is 352 g/mol. The van der Waals surface area contributed by atoms with Crippen LogP contribution >= 0.6 is 27.7 Å². The van der Waals surface area contributed by atoms with Crippen LogP contribution in [-0.2, 0) is 6.42 Å². The highest BCUT2D eigenvalue weighted by atomic mass is 79.9. The van der Waals surface area contributed by atoms with Gasteiger partial charge in [0.2, 0.25) is 0 Å². The van der Waals surface area contributed by atoms with Crippen LogP contribution in [0.1, 0.15) is 5.56 Å². The molecule has 0 spiro atoms. The van der Waals surface area contributed by atoms with Gasteiger partial charge in [0.15, 0.2) is 0 Å². The van der Waals surface area contributed by atoms with Crippen molar-refractivity contribution in [1.82, 2.24) is 10.3 Å². The molecule has 0 aliphatic carbocycles. The van der Waals surface area contributed by atoms with Crippen LogP contribution < -0.4 is 11.1 Å². The topological polar surface area (TPSA) is 50.9 Å². The van der Waals surface area contributed by atoms with E-state index in [1.165, 1.54) is 4.90 Å². The van der Waals surface area contributed by atoms with Crippen LogP contribution in [0, 0.1) is 0 Å². The van der Waals surface area contributed by atoms with Crippen LogP contribution in [0.2, 0.25) is 0 Å². The van der Waals surface area contributed by atoms with Gasteiger partial charge in [-0.25, -0.2) is 4.98 Å². The van der Waals surface area contributed by atoms with Gasteiger partial charge in [0.05, 0.1) is 0 Å². The maximum Gasteiger partial charge on any atom is 0.126 e. The predicted molar refractivity (Wildman–Crippen MR) is 90.1 cm³/mol. The standard InChI is InChI=1S/C15H18BrN3S/c1-18-13(9-11-3-2-8-19-15(11)17)10-20-14-6-4-12(16)5-7-14/h2-8,13,18H,9-10H2,1H3,(H2,17,19). The SMILES string of the molecule is CNC(CSc1ccc(Br)cc1)Cc1cccnc1N. The summed E-state index contributed by atoms with van der Waals surface area (Å²) in [5.41, 5.74) is 7.00. The van der Waals surface area contributed by atoms with E-state index in [4.69, 9.17) is 5.73 Å². The fourth-order valence-corrected chi connectivity index (χ4v) is 3.13. The number of aromatic nitrogens is 1. The van der Waals surface area contributed by atoms with Gasteiger partial charge in [-0.3, -0.25) is 0 Å². The lowest BCUT2D eigenvalue weighted by Crippen LogP contribution is -2.30. The molecule has 5 heteroatoms. The van der Waals surface area contributed by atoms with Crippen molar-refractivity contribution in [3.63, 3.8) is 0 Å². The molecule has 2 aromatic rings. The smallest absolute Gasteiger partial charge is 0.126 e. The molecule has 20 heavy (non-hydrogen) atoms. The van der Waals surface area contributed by atoms with Crippen LogP contribution in [-0.4, -0.2) is 23.8 Å². The third kappa shape index (κ3) is 4.51. The second-order valence-electron chi connectivity index (χ2n) is 4.50. The van der Waals surface area contributed by atoms with E-state index in [0.717, 1.165) is 22.2 Å². The molecule has 0 saturated heterocycles. The maximum atomic E-state index is 5.90. The number of nitrogen functional groups attached to an aromatic ring is 1. The number of rotatable bonds is 6. The average Bonchev–Trinajstić information content (AvgIpc) is 2.47. The minimum absolute atomic E-state index is 0.371. The van der Waals surface area contributed by atoms with Crippen molar-refractivity contribution in [1.29, 1.82) is 0 Å². The number of likely N-dealkylation sites (N-methyl/N-ethyl adjacent to an activating group) is 1. The molecule has 2 rings (SSSR count). The molecule has 3 N–H and O–H groups in total. The summed E-state index contributed by atoms with van der Waals surface area (Å²) < 4.78 is 1.11. The van der Waals surface area contributed by atoms with Gasteiger partial charge in [-0.2, -0.15) is 0 Å². The second kappa shape index (κ2) is 7.67. The molecule has 3 nitrogen and oxygen atoms in total. The number of hydrogen-bond acceptors (Lipinski definition) is 4. The Labute approximate surface area is 132 Å². The fraction of sp³-hybridized carbons (Fsp3) is 0.267. The minimum atomic E-state index is 0.371.